The number of sulfone groups is 1. The van der Waals surface area contributed by atoms with E-state index in [1.54, 1.807) is 0 Å². The molecule has 0 bridgehead atoms. The average Bonchev–Trinajstić information content (AvgIpc) is 2.26. The van der Waals surface area contributed by atoms with E-state index in [1.165, 1.54) is 0 Å². The fourth-order valence-electron chi connectivity index (χ4n) is 2.25. The molecule has 0 heterocycles. The maximum Gasteiger partial charge on any atom is 0.154 e. The Hall–Kier alpha value is -0.540. The monoisotopic (exact) mass is 302 g/mol. The number of unbranched alkanes of at least 4 members (excludes halogenated alkanes) is 3. The Morgan fingerprint density at radius 3 is 2.11 bits per heavy atom. The Balaban J connectivity index is 2.49. The highest BCUT2D eigenvalue weighted by molar-refractivity contribution is 7.90. The minimum absolute atomic E-state index is 0.158. The summed E-state index contributed by atoms with van der Waals surface area (Å²) in [4.78, 5) is 0. The summed E-state index contributed by atoms with van der Waals surface area (Å²) in [5, 5.41) is 0. The van der Waals surface area contributed by atoms with E-state index in [-0.39, 0.29) is 11.5 Å². The number of aryl methyl sites for hydroxylation is 2. The molecule has 0 unspecified atom stereocenters. The van der Waals surface area contributed by atoms with Crippen LogP contribution in [0.5, 0.6) is 0 Å². The first-order chi connectivity index (χ1) is 8.93. The Bertz CT molecular complexity index is 475. The van der Waals surface area contributed by atoms with E-state index >= 15 is 0 Å². The molecule has 19 heavy (non-hydrogen) atoms. The van der Waals surface area contributed by atoms with Gasteiger partial charge in [0.05, 0.1) is 11.5 Å². The van der Waals surface area contributed by atoms with Crippen molar-refractivity contribution in [3.8, 4) is 0 Å². The third-order valence-corrected chi connectivity index (χ3v) is 4.96. The predicted octanol–water partition coefficient (Wildman–Crippen LogP) is 4.02. The van der Waals surface area contributed by atoms with Crippen LogP contribution in [0.25, 0.3) is 0 Å². The molecule has 0 N–H and O–H groups in total. The molecule has 0 aliphatic heterocycles. The van der Waals surface area contributed by atoms with Crippen LogP contribution >= 0.6 is 11.6 Å². The number of hydrogen-bond donors (Lipinski definition) is 0. The molecule has 0 saturated carbocycles. The summed E-state index contributed by atoms with van der Waals surface area (Å²) in [5.74, 6) is 1.10. The van der Waals surface area contributed by atoms with E-state index in [1.807, 2.05) is 26.0 Å². The number of benzene rings is 1. The lowest BCUT2D eigenvalue weighted by Crippen LogP contribution is -2.09. The van der Waals surface area contributed by atoms with Gasteiger partial charge in [0.2, 0.25) is 0 Å². The molecule has 0 radical (unpaired) electrons. The molecule has 0 spiro atoms. The van der Waals surface area contributed by atoms with Crippen LogP contribution in [-0.2, 0) is 15.6 Å². The lowest BCUT2D eigenvalue weighted by molar-refractivity contribution is 0.588. The largest absolute Gasteiger partial charge is 0.228 e. The molecule has 2 nitrogen and oxygen atoms in total. The third kappa shape index (κ3) is 6.98. The molecule has 0 saturated heterocycles. The van der Waals surface area contributed by atoms with Crippen molar-refractivity contribution in [2.24, 2.45) is 0 Å². The van der Waals surface area contributed by atoms with E-state index < -0.39 is 9.84 Å². The molecule has 0 atom stereocenters. The molecule has 1 aromatic carbocycles. The van der Waals surface area contributed by atoms with Crippen molar-refractivity contribution < 1.29 is 8.42 Å². The summed E-state index contributed by atoms with van der Waals surface area (Å²) in [5.41, 5.74) is 3.14. The summed E-state index contributed by atoms with van der Waals surface area (Å²) >= 11 is 5.59. The number of halogens is 1. The second-order valence-corrected chi connectivity index (χ2v) is 7.75. The van der Waals surface area contributed by atoms with Gasteiger partial charge in [0.25, 0.3) is 0 Å². The molecule has 0 amide bonds. The SMILES string of the molecule is Cc1cc(C)cc(CS(=O)(=O)CCCCCCCl)c1. The van der Waals surface area contributed by atoms with Gasteiger partial charge in [-0.25, -0.2) is 8.42 Å². The smallest absolute Gasteiger partial charge is 0.154 e. The highest BCUT2D eigenvalue weighted by Crippen LogP contribution is 2.14. The van der Waals surface area contributed by atoms with Gasteiger partial charge in [0.1, 0.15) is 0 Å². The summed E-state index contributed by atoms with van der Waals surface area (Å²) in [6, 6.07) is 5.97. The van der Waals surface area contributed by atoms with Crippen molar-refractivity contribution >= 4 is 21.4 Å². The zero-order chi connectivity index (χ0) is 14.3. The number of alkyl halides is 1. The van der Waals surface area contributed by atoms with Crippen LogP contribution in [-0.4, -0.2) is 20.1 Å². The molecular formula is C15H23ClO2S. The van der Waals surface area contributed by atoms with E-state index in [9.17, 15) is 8.42 Å². The summed E-state index contributed by atoms with van der Waals surface area (Å²) in [7, 11) is -2.99. The van der Waals surface area contributed by atoms with Crippen molar-refractivity contribution in [1.82, 2.24) is 0 Å². The van der Waals surface area contributed by atoms with Crippen molar-refractivity contribution in [3.63, 3.8) is 0 Å². The van der Waals surface area contributed by atoms with Gasteiger partial charge in [-0.2, -0.15) is 0 Å². The van der Waals surface area contributed by atoms with Gasteiger partial charge in [-0.1, -0.05) is 42.2 Å². The van der Waals surface area contributed by atoms with Gasteiger partial charge in [0, 0.05) is 5.88 Å². The van der Waals surface area contributed by atoms with Gasteiger partial charge < -0.3 is 0 Å². The first-order valence-corrected chi connectivity index (χ1v) is 9.12. The van der Waals surface area contributed by atoms with E-state index in [0.717, 1.165) is 42.4 Å². The number of rotatable bonds is 8. The van der Waals surface area contributed by atoms with Crippen molar-refractivity contribution in [3.05, 3.63) is 34.9 Å². The highest BCUT2D eigenvalue weighted by atomic mass is 35.5. The van der Waals surface area contributed by atoms with Crippen molar-refractivity contribution in [2.45, 2.75) is 45.3 Å². The molecule has 1 aromatic rings. The minimum atomic E-state index is -2.99. The first kappa shape index (κ1) is 16.5. The van der Waals surface area contributed by atoms with Crippen LogP contribution in [0.1, 0.15) is 42.4 Å². The van der Waals surface area contributed by atoms with Crippen molar-refractivity contribution in [2.75, 3.05) is 11.6 Å². The highest BCUT2D eigenvalue weighted by Gasteiger charge is 2.12. The van der Waals surface area contributed by atoms with Gasteiger partial charge in [-0.15, -0.1) is 11.6 Å². The standard InChI is InChI=1S/C15H23ClO2S/c1-13-9-14(2)11-15(10-13)12-19(17,18)8-6-4-3-5-7-16/h9-11H,3-8,12H2,1-2H3. The fourth-order valence-corrected chi connectivity index (χ4v) is 3.90. The van der Waals surface area contributed by atoms with Gasteiger partial charge in [-0.3, -0.25) is 0 Å². The predicted molar refractivity (Wildman–Crippen MR) is 82.6 cm³/mol. The Morgan fingerprint density at radius 1 is 0.947 bits per heavy atom. The zero-order valence-electron chi connectivity index (χ0n) is 11.8. The van der Waals surface area contributed by atoms with Crippen molar-refractivity contribution in [1.29, 1.82) is 0 Å². The normalized spacial score (nSPS) is 11.7. The molecule has 108 valence electrons. The molecule has 0 aliphatic carbocycles. The maximum atomic E-state index is 12.0. The molecule has 0 aliphatic rings. The molecule has 0 fully saturated rings. The van der Waals surface area contributed by atoms with Crippen LogP contribution in [0.4, 0.5) is 0 Å². The molecule has 1 rings (SSSR count). The van der Waals surface area contributed by atoms with Gasteiger partial charge >= 0.3 is 0 Å². The lowest BCUT2D eigenvalue weighted by atomic mass is 10.1. The molecular weight excluding hydrogens is 280 g/mol. The van der Waals surface area contributed by atoms with E-state index in [2.05, 4.69) is 6.07 Å². The van der Waals surface area contributed by atoms with Crippen LogP contribution in [0.2, 0.25) is 0 Å². The Kier molecular flexibility index (Phi) is 6.87. The van der Waals surface area contributed by atoms with E-state index in [0.29, 0.717) is 5.88 Å². The Morgan fingerprint density at radius 2 is 1.53 bits per heavy atom. The Labute approximate surface area is 122 Å². The molecule has 4 heteroatoms. The van der Waals surface area contributed by atoms with Gasteiger partial charge in [-0.05, 0) is 32.3 Å². The summed E-state index contributed by atoms with van der Waals surface area (Å²) < 4.78 is 24.1. The quantitative estimate of drug-likeness (QED) is 0.537. The zero-order valence-corrected chi connectivity index (χ0v) is 13.4. The summed E-state index contributed by atoms with van der Waals surface area (Å²) in [6.07, 6.45) is 3.67. The van der Waals surface area contributed by atoms with Crippen LogP contribution in [0.3, 0.4) is 0 Å². The van der Waals surface area contributed by atoms with Crippen LogP contribution < -0.4 is 0 Å². The lowest BCUT2D eigenvalue weighted by Gasteiger charge is -2.07. The third-order valence-electron chi connectivity index (χ3n) is 3.01. The molecule has 0 aromatic heterocycles. The first-order valence-electron chi connectivity index (χ1n) is 6.76. The number of hydrogen-bond acceptors (Lipinski definition) is 2. The second-order valence-electron chi connectivity index (χ2n) is 5.19. The topological polar surface area (TPSA) is 34.1 Å². The van der Waals surface area contributed by atoms with Gasteiger partial charge in [0.15, 0.2) is 9.84 Å². The van der Waals surface area contributed by atoms with Crippen LogP contribution in [0, 0.1) is 13.8 Å². The summed E-state index contributed by atoms with van der Waals surface area (Å²) in [6.45, 7) is 3.99. The second kappa shape index (κ2) is 7.91. The van der Waals surface area contributed by atoms with E-state index in [4.69, 9.17) is 11.6 Å². The minimum Gasteiger partial charge on any atom is -0.228 e. The maximum absolute atomic E-state index is 12.0. The fraction of sp³-hybridized carbons (Fsp3) is 0.600. The average molecular weight is 303 g/mol. The van der Waals surface area contributed by atoms with Crippen LogP contribution in [0.15, 0.2) is 18.2 Å².